The second-order valence-electron chi connectivity index (χ2n) is 18.6. The van der Waals surface area contributed by atoms with Crippen LogP contribution in [-0.4, -0.2) is 0 Å². The van der Waals surface area contributed by atoms with Gasteiger partial charge in [-0.3, -0.25) is 0 Å². The van der Waals surface area contributed by atoms with Crippen LogP contribution in [0.2, 0.25) is 0 Å². The van der Waals surface area contributed by atoms with Crippen molar-refractivity contribution in [2.75, 3.05) is 4.90 Å². The topological polar surface area (TPSA) is 3.24 Å². The summed E-state index contributed by atoms with van der Waals surface area (Å²) in [7, 11) is 0. The smallest absolute Gasteiger partial charge is 0.0714 e. The number of hydrogen-bond donors (Lipinski definition) is 0. The lowest BCUT2D eigenvalue weighted by atomic mass is 9.67. The maximum Gasteiger partial charge on any atom is 0.0714 e. The Morgan fingerprint density at radius 3 is 1.54 bits per heavy atom. The van der Waals surface area contributed by atoms with Crippen molar-refractivity contribution >= 4 is 27.8 Å². The van der Waals surface area contributed by atoms with Crippen molar-refractivity contribution < 1.29 is 0 Å². The van der Waals surface area contributed by atoms with Gasteiger partial charge in [-0.05, 0) is 145 Å². The molecule has 0 unspecified atom stereocenters. The molecule has 0 spiro atoms. The number of nitrogens with zero attached hydrogens (tertiary/aromatic N) is 1. The van der Waals surface area contributed by atoms with Crippen LogP contribution < -0.4 is 4.90 Å². The summed E-state index contributed by atoms with van der Waals surface area (Å²) in [5.41, 5.74) is 23.0. The Morgan fingerprint density at radius 2 is 0.862 bits per heavy atom. The first-order valence-electron chi connectivity index (χ1n) is 22.9. The average molecular weight is 832 g/mol. The third-order valence-corrected chi connectivity index (χ3v) is 14.5. The van der Waals surface area contributed by atoms with E-state index in [0.717, 1.165) is 11.4 Å². The summed E-state index contributed by atoms with van der Waals surface area (Å²) in [5, 5.41) is 2.46. The van der Waals surface area contributed by atoms with Gasteiger partial charge in [-0.2, -0.15) is 0 Å². The molecule has 12 rings (SSSR count). The zero-order valence-electron chi connectivity index (χ0n) is 37.3. The molecule has 10 aromatic carbocycles. The molecule has 0 radical (unpaired) electrons. The normalized spacial score (nSPS) is 13.8. The third kappa shape index (κ3) is 5.99. The van der Waals surface area contributed by atoms with Crippen LogP contribution in [0.25, 0.3) is 55.3 Å². The second-order valence-corrected chi connectivity index (χ2v) is 18.6. The van der Waals surface area contributed by atoms with Gasteiger partial charge in [0.1, 0.15) is 0 Å². The first kappa shape index (κ1) is 38.9. The second kappa shape index (κ2) is 14.9. The predicted octanol–water partition coefficient (Wildman–Crippen LogP) is 16.9. The van der Waals surface area contributed by atoms with E-state index in [9.17, 15) is 0 Å². The molecule has 0 N–H and O–H groups in total. The molecule has 0 aromatic heterocycles. The van der Waals surface area contributed by atoms with Crippen LogP contribution in [0.3, 0.4) is 0 Å². The first-order valence-corrected chi connectivity index (χ1v) is 22.9. The van der Waals surface area contributed by atoms with Crippen molar-refractivity contribution in [1.82, 2.24) is 0 Å². The van der Waals surface area contributed by atoms with Gasteiger partial charge in [0.15, 0.2) is 0 Å². The van der Waals surface area contributed by atoms with Crippen molar-refractivity contribution in [2.24, 2.45) is 0 Å². The molecule has 0 saturated heterocycles. The largest absolute Gasteiger partial charge is 0.310 e. The van der Waals surface area contributed by atoms with E-state index in [4.69, 9.17) is 0 Å². The Hall–Kier alpha value is -7.74. The van der Waals surface area contributed by atoms with E-state index >= 15 is 0 Å². The van der Waals surface area contributed by atoms with Gasteiger partial charge in [0.2, 0.25) is 0 Å². The van der Waals surface area contributed by atoms with Crippen molar-refractivity contribution in [3.8, 4) is 44.5 Å². The fourth-order valence-electron chi connectivity index (χ4n) is 11.4. The van der Waals surface area contributed by atoms with E-state index in [1.165, 1.54) is 105 Å². The van der Waals surface area contributed by atoms with Crippen molar-refractivity contribution in [3.05, 3.63) is 269 Å². The van der Waals surface area contributed by atoms with Crippen LogP contribution in [0, 0.1) is 13.8 Å². The molecule has 1 nitrogen and oxygen atoms in total. The minimum Gasteiger partial charge on any atom is -0.310 e. The van der Waals surface area contributed by atoms with Crippen LogP contribution >= 0.6 is 0 Å². The SMILES string of the molecule is Cc1ccc(-c2cc(C)c(N(c3ccc4c(c3)C(C)(C)c3ccccc3-4)c3ccc4c(c3)C(c3ccccc3)(c3ccccc3)c3ccccc3-4)c(-c3ccc4ccccc4c3)c2)cc1. The number of anilines is 3. The van der Waals surface area contributed by atoms with Gasteiger partial charge < -0.3 is 4.90 Å². The van der Waals surface area contributed by atoms with E-state index < -0.39 is 5.41 Å². The number of hydrogen-bond acceptors (Lipinski definition) is 1. The van der Waals surface area contributed by atoms with E-state index in [0.29, 0.717) is 0 Å². The molecule has 0 aliphatic heterocycles. The van der Waals surface area contributed by atoms with Gasteiger partial charge in [-0.1, -0.05) is 201 Å². The number of fused-ring (bicyclic) bond motifs is 7. The highest BCUT2D eigenvalue weighted by atomic mass is 15.1. The summed E-state index contributed by atoms with van der Waals surface area (Å²) in [4.78, 5) is 2.57. The minimum absolute atomic E-state index is 0.172. The van der Waals surface area contributed by atoms with Gasteiger partial charge in [-0.15, -0.1) is 0 Å². The van der Waals surface area contributed by atoms with Crippen LogP contribution in [0.4, 0.5) is 17.1 Å². The monoisotopic (exact) mass is 831 g/mol. The lowest BCUT2D eigenvalue weighted by Gasteiger charge is -2.35. The maximum absolute atomic E-state index is 2.57. The molecule has 2 aliphatic carbocycles. The fourth-order valence-corrected chi connectivity index (χ4v) is 11.4. The summed E-state index contributed by atoms with van der Waals surface area (Å²) in [6.45, 7) is 9.23. The molecule has 0 heterocycles. The highest BCUT2D eigenvalue weighted by Gasteiger charge is 2.46. The van der Waals surface area contributed by atoms with Crippen LogP contribution in [-0.2, 0) is 10.8 Å². The van der Waals surface area contributed by atoms with Crippen molar-refractivity contribution in [2.45, 2.75) is 38.5 Å². The van der Waals surface area contributed by atoms with Crippen molar-refractivity contribution in [1.29, 1.82) is 0 Å². The lowest BCUT2D eigenvalue weighted by Crippen LogP contribution is -2.28. The van der Waals surface area contributed by atoms with Gasteiger partial charge in [-0.25, -0.2) is 0 Å². The Morgan fingerprint density at radius 1 is 0.338 bits per heavy atom. The van der Waals surface area contributed by atoms with E-state index in [-0.39, 0.29) is 5.41 Å². The van der Waals surface area contributed by atoms with Crippen LogP contribution in [0.5, 0.6) is 0 Å². The molecule has 0 saturated carbocycles. The maximum atomic E-state index is 2.57. The van der Waals surface area contributed by atoms with Gasteiger partial charge >= 0.3 is 0 Å². The molecule has 310 valence electrons. The number of rotatable bonds is 7. The molecule has 0 fully saturated rings. The van der Waals surface area contributed by atoms with Gasteiger partial charge in [0, 0.05) is 22.4 Å². The summed E-state index contributed by atoms with van der Waals surface area (Å²) >= 11 is 0. The van der Waals surface area contributed by atoms with Crippen LogP contribution in [0.15, 0.2) is 224 Å². The van der Waals surface area contributed by atoms with Gasteiger partial charge in [0.05, 0.1) is 11.1 Å². The summed E-state index contributed by atoms with van der Waals surface area (Å²) in [6, 6.07) is 84.3. The van der Waals surface area contributed by atoms with Gasteiger partial charge in [0.25, 0.3) is 0 Å². The standard InChI is InChI=1S/C64H49N/c1-42-27-29-45(30-28-42)48-37-43(2)62(57(39-48)47-32-31-44-17-11-12-18-46(44)38-47)65(51-33-35-55-53-23-13-15-25-58(53)63(3,4)60(55)40-51)52-34-36-56-54-24-14-16-26-59(54)64(61(56)41-52,49-19-7-5-8-20-49)50-21-9-6-10-22-50/h5-41H,1-4H3. The summed E-state index contributed by atoms with van der Waals surface area (Å²) in [5.74, 6) is 0. The highest BCUT2D eigenvalue weighted by Crippen LogP contribution is 2.58. The fraction of sp³-hybridized carbons (Fsp3) is 0.0938. The third-order valence-electron chi connectivity index (χ3n) is 14.5. The molecular formula is C64H49N. The summed E-state index contributed by atoms with van der Waals surface area (Å²) in [6.07, 6.45) is 0. The Bertz CT molecular complexity index is 3430. The molecule has 10 aromatic rings. The van der Waals surface area contributed by atoms with Crippen LogP contribution in [0.1, 0.15) is 58.4 Å². The molecule has 65 heavy (non-hydrogen) atoms. The highest BCUT2D eigenvalue weighted by molar-refractivity contribution is 5.98. The zero-order valence-corrected chi connectivity index (χ0v) is 37.3. The first-order chi connectivity index (χ1) is 31.8. The van der Waals surface area contributed by atoms with E-state index in [1.54, 1.807) is 0 Å². The van der Waals surface area contributed by atoms with E-state index in [2.05, 4.69) is 257 Å². The lowest BCUT2D eigenvalue weighted by molar-refractivity contribution is 0.660. The van der Waals surface area contributed by atoms with Crippen molar-refractivity contribution in [3.63, 3.8) is 0 Å². The zero-order chi connectivity index (χ0) is 43.9. The number of aryl methyl sites for hydroxylation is 2. The Kier molecular flexibility index (Phi) is 8.94. The average Bonchev–Trinajstić information content (AvgIpc) is 3.77. The summed E-state index contributed by atoms with van der Waals surface area (Å²) < 4.78 is 0. The molecular weight excluding hydrogens is 783 g/mol. The number of benzene rings is 10. The molecule has 0 bridgehead atoms. The molecule has 2 aliphatic rings. The molecule has 0 atom stereocenters. The Labute approximate surface area is 383 Å². The quantitative estimate of drug-likeness (QED) is 0.155. The molecule has 1 heteroatoms. The molecule has 0 amide bonds. The Balaban J connectivity index is 1.17. The van der Waals surface area contributed by atoms with E-state index in [1.807, 2.05) is 0 Å². The predicted molar refractivity (Wildman–Crippen MR) is 274 cm³/mol. The minimum atomic E-state index is -0.538.